The predicted octanol–water partition coefficient (Wildman–Crippen LogP) is 0.865. The zero-order chi connectivity index (χ0) is 14.1. The number of aromatic amines is 1. The molecule has 3 heterocycles. The van der Waals surface area contributed by atoms with Crippen LogP contribution in [0.1, 0.15) is 14.5 Å². The number of aromatic nitrogens is 5. The fraction of sp³-hybridized carbons (Fsp3) is 0.100. The van der Waals surface area contributed by atoms with E-state index < -0.39 is 5.97 Å². The van der Waals surface area contributed by atoms with E-state index in [2.05, 4.69) is 20.3 Å². The number of fused-ring (bicyclic) bond motifs is 1. The van der Waals surface area contributed by atoms with E-state index in [1.54, 1.807) is 12.1 Å². The molecule has 0 saturated carbocycles. The molecule has 0 aromatic carbocycles. The largest absolute Gasteiger partial charge is 0.477 e. The van der Waals surface area contributed by atoms with Crippen LogP contribution in [0.3, 0.4) is 0 Å². The first-order valence-electron chi connectivity index (χ1n) is 5.39. The maximum atomic E-state index is 11.1. The Hall–Kier alpha value is -2.20. The number of aromatic carboxylic acids is 1. The van der Waals surface area contributed by atoms with E-state index in [0.29, 0.717) is 15.8 Å². The van der Waals surface area contributed by atoms with Crippen LogP contribution in [0, 0.1) is 0 Å². The first kappa shape index (κ1) is 12.8. The highest BCUT2D eigenvalue weighted by Crippen LogP contribution is 2.25. The Balaban J connectivity index is 1.79. The van der Waals surface area contributed by atoms with Crippen molar-refractivity contribution in [2.24, 2.45) is 0 Å². The Morgan fingerprint density at radius 2 is 2.30 bits per heavy atom. The summed E-state index contributed by atoms with van der Waals surface area (Å²) < 4.78 is 1.43. The van der Waals surface area contributed by atoms with Crippen LogP contribution in [0.2, 0.25) is 0 Å². The van der Waals surface area contributed by atoms with Crippen molar-refractivity contribution in [3.63, 3.8) is 0 Å². The smallest absolute Gasteiger partial charge is 0.345 e. The molecule has 0 aliphatic carbocycles. The molecule has 0 fully saturated rings. The van der Waals surface area contributed by atoms with Gasteiger partial charge in [-0.2, -0.15) is 9.61 Å². The van der Waals surface area contributed by atoms with E-state index in [1.165, 1.54) is 27.6 Å². The molecule has 0 bridgehead atoms. The van der Waals surface area contributed by atoms with Crippen molar-refractivity contribution in [1.29, 1.82) is 0 Å². The SMILES string of the molecule is O=C(O)c1ccc(CSc2nnc3[nH]c(=O)cnn23)s1. The van der Waals surface area contributed by atoms with Crippen molar-refractivity contribution in [3.8, 4) is 0 Å². The highest BCUT2D eigenvalue weighted by atomic mass is 32.2. The molecule has 0 aliphatic rings. The van der Waals surface area contributed by atoms with Crippen LogP contribution in [-0.2, 0) is 5.75 Å². The van der Waals surface area contributed by atoms with Crippen molar-refractivity contribution < 1.29 is 9.90 Å². The quantitative estimate of drug-likeness (QED) is 0.687. The highest BCUT2D eigenvalue weighted by Gasteiger charge is 2.11. The van der Waals surface area contributed by atoms with E-state index in [1.807, 2.05) is 0 Å². The molecule has 3 aromatic rings. The minimum absolute atomic E-state index is 0.275. The van der Waals surface area contributed by atoms with Gasteiger partial charge in [-0.15, -0.1) is 21.5 Å². The Morgan fingerprint density at radius 3 is 3.05 bits per heavy atom. The van der Waals surface area contributed by atoms with Gasteiger partial charge < -0.3 is 5.11 Å². The second kappa shape index (κ2) is 5.06. The van der Waals surface area contributed by atoms with Gasteiger partial charge in [-0.3, -0.25) is 9.78 Å². The Morgan fingerprint density at radius 1 is 1.45 bits per heavy atom. The lowest BCUT2D eigenvalue weighted by atomic mass is 10.4. The maximum Gasteiger partial charge on any atom is 0.345 e. The van der Waals surface area contributed by atoms with Crippen molar-refractivity contribution in [1.82, 2.24) is 24.8 Å². The molecule has 3 aromatic heterocycles. The van der Waals surface area contributed by atoms with Gasteiger partial charge in [0.1, 0.15) is 11.1 Å². The molecule has 0 atom stereocenters. The molecule has 2 N–H and O–H groups in total. The molecule has 20 heavy (non-hydrogen) atoms. The number of nitrogens with one attached hydrogen (secondary N) is 1. The van der Waals surface area contributed by atoms with E-state index in [4.69, 9.17) is 5.11 Å². The molecule has 3 rings (SSSR count). The van der Waals surface area contributed by atoms with Crippen LogP contribution in [-0.4, -0.2) is 35.9 Å². The number of hydrogen-bond donors (Lipinski definition) is 2. The zero-order valence-electron chi connectivity index (χ0n) is 9.81. The van der Waals surface area contributed by atoms with Crippen LogP contribution >= 0.6 is 23.1 Å². The number of carboxylic acid groups (broad SMARTS) is 1. The van der Waals surface area contributed by atoms with Crippen molar-refractivity contribution in [2.75, 3.05) is 0 Å². The molecule has 0 aliphatic heterocycles. The van der Waals surface area contributed by atoms with Gasteiger partial charge >= 0.3 is 5.97 Å². The van der Waals surface area contributed by atoms with Crippen molar-refractivity contribution >= 4 is 34.8 Å². The highest BCUT2D eigenvalue weighted by molar-refractivity contribution is 7.98. The Kier molecular flexibility index (Phi) is 3.24. The number of nitrogens with zero attached hydrogens (tertiary/aromatic N) is 4. The van der Waals surface area contributed by atoms with Crippen molar-refractivity contribution in [3.05, 3.63) is 38.4 Å². The van der Waals surface area contributed by atoms with Gasteiger partial charge in [0, 0.05) is 10.6 Å². The summed E-state index contributed by atoms with van der Waals surface area (Å²) in [7, 11) is 0. The standard InChI is InChI=1S/C10H7N5O3S2/c16-7-3-11-15-9(12-7)13-14-10(15)19-4-5-1-2-6(20-5)8(17)18/h1-3H,4H2,(H,17,18)(H,12,13,16). The van der Waals surface area contributed by atoms with Crippen LogP contribution in [0.25, 0.3) is 5.78 Å². The molecule has 0 spiro atoms. The maximum absolute atomic E-state index is 11.1. The molecule has 0 amide bonds. The summed E-state index contributed by atoms with van der Waals surface area (Å²) in [6, 6.07) is 3.33. The normalized spacial score (nSPS) is 11.0. The Bertz CT molecular complexity index is 837. The van der Waals surface area contributed by atoms with Crippen LogP contribution in [0.15, 0.2) is 28.3 Å². The monoisotopic (exact) mass is 309 g/mol. The number of thioether (sulfide) groups is 1. The summed E-state index contributed by atoms with van der Waals surface area (Å²) >= 11 is 2.58. The molecule has 0 saturated heterocycles. The van der Waals surface area contributed by atoms with Crippen LogP contribution in [0.4, 0.5) is 0 Å². The lowest BCUT2D eigenvalue weighted by molar-refractivity contribution is 0.0702. The summed E-state index contributed by atoms with van der Waals surface area (Å²) in [4.78, 5) is 25.6. The molecule has 0 radical (unpaired) electrons. The van der Waals surface area contributed by atoms with Crippen LogP contribution in [0.5, 0.6) is 0 Å². The summed E-state index contributed by atoms with van der Waals surface area (Å²) in [6.45, 7) is 0. The Labute approximate surface area is 119 Å². The molecular formula is C10H7N5O3S2. The number of hydrogen-bond acceptors (Lipinski definition) is 7. The predicted molar refractivity (Wildman–Crippen MR) is 72.2 cm³/mol. The third kappa shape index (κ3) is 2.42. The van der Waals surface area contributed by atoms with Gasteiger partial charge in [0.15, 0.2) is 0 Å². The van der Waals surface area contributed by atoms with Crippen molar-refractivity contribution in [2.45, 2.75) is 10.9 Å². The fourth-order valence-electron chi connectivity index (χ4n) is 1.50. The molecule has 10 heteroatoms. The summed E-state index contributed by atoms with van der Waals surface area (Å²) in [5.41, 5.74) is -0.342. The number of H-pyrrole nitrogens is 1. The van der Waals surface area contributed by atoms with Crippen LogP contribution < -0.4 is 5.56 Å². The number of carboxylic acids is 1. The molecule has 102 valence electrons. The minimum atomic E-state index is -0.932. The van der Waals surface area contributed by atoms with Gasteiger partial charge in [0.25, 0.3) is 11.3 Å². The van der Waals surface area contributed by atoms with Gasteiger partial charge in [0.05, 0.1) is 0 Å². The molecule has 8 nitrogen and oxygen atoms in total. The first-order valence-corrected chi connectivity index (χ1v) is 7.19. The van der Waals surface area contributed by atoms with Gasteiger partial charge in [-0.1, -0.05) is 11.8 Å². The summed E-state index contributed by atoms with van der Waals surface area (Å²) in [6.07, 6.45) is 1.15. The van der Waals surface area contributed by atoms with E-state index in [9.17, 15) is 9.59 Å². The fourth-order valence-corrected chi connectivity index (χ4v) is 3.27. The zero-order valence-corrected chi connectivity index (χ0v) is 11.4. The van der Waals surface area contributed by atoms with Gasteiger partial charge in [-0.05, 0) is 12.1 Å². The number of carbonyl (C=O) groups is 1. The topological polar surface area (TPSA) is 113 Å². The van der Waals surface area contributed by atoms with E-state index >= 15 is 0 Å². The number of rotatable bonds is 4. The lowest BCUT2D eigenvalue weighted by Crippen LogP contribution is -2.09. The second-order valence-corrected chi connectivity index (χ2v) is 5.82. The average molecular weight is 309 g/mol. The second-order valence-electron chi connectivity index (χ2n) is 3.71. The van der Waals surface area contributed by atoms with Gasteiger partial charge in [-0.25, -0.2) is 4.79 Å². The molecular weight excluding hydrogens is 302 g/mol. The van der Waals surface area contributed by atoms with Gasteiger partial charge in [0.2, 0.25) is 5.16 Å². The number of thiophene rings is 1. The average Bonchev–Trinajstić information content (AvgIpc) is 3.02. The molecule has 0 unspecified atom stereocenters. The first-order chi connectivity index (χ1) is 9.63. The van der Waals surface area contributed by atoms with E-state index in [0.717, 1.165) is 11.1 Å². The summed E-state index contributed by atoms with van der Waals surface area (Å²) in [5.74, 6) is -0.102. The van der Waals surface area contributed by atoms with E-state index in [-0.39, 0.29) is 11.3 Å². The summed E-state index contributed by atoms with van der Waals surface area (Å²) in [5, 5.41) is 21.0. The minimum Gasteiger partial charge on any atom is -0.477 e. The lowest BCUT2D eigenvalue weighted by Gasteiger charge is -1.96. The third-order valence-electron chi connectivity index (χ3n) is 2.35. The third-order valence-corrected chi connectivity index (χ3v) is 4.58.